The summed E-state index contributed by atoms with van der Waals surface area (Å²) in [4.78, 5) is 15.0. The molecule has 0 aliphatic carbocycles. The van der Waals surface area contributed by atoms with Crippen molar-refractivity contribution >= 4 is 23.0 Å². The van der Waals surface area contributed by atoms with Gasteiger partial charge in [-0.15, -0.1) is 0 Å². The van der Waals surface area contributed by atoms with Gasteiger partial charge >= 0.3 is 5.97 Å². The minimum Gasteiger partial charge on any atom is -0.478 e. The van der Waals surface area contributed by atoms with E-state index in [0.717, 1.165) is 6.42 Å². The molecular weight excluding hydrogens is 248 g/mol. The van der Waals surface area contributed by atoms with Gasteiger partial charge in [0, 0.05) is 12.2 Å². The van der Waals surface area contributed by atoms with Crippen molar-refractivity contribution < 1.29 is 9.90 Å². The van der Waals surface area contributed by atoms with Crippen LogP contribution in [0.2, 0.25) is 0 Å². The third kappa shape index (κ3) is 3.07. The number of pyridine rings is 1. The number of carboxylic acids is 1. The Bertz CT molecular complexity index is 526. The van der Waals surface area contributed by atoms with E-state index in [1.807, 2.05) is 12.3 Å². The van der Waals surface area contributed by atoms with Crippen LogP contribution >= 0.6 is 11.3 Å². The molecule has 1 unspecified atom stereocenters. The average Bonchev–Trinajstić information content (AvgIpc) is 2.82. The second-order valence-electron chi connectivity index (χ2n) is 4.11. The smallest absolute Gasteiger partial charge is 0.337 e. The number of rotatable bonds is 5. The molecular formula is C13H14N2O2S. The van der Waals surface area contributed by atoms with Crippen molar-refractivity contribution in [3.8, 4) is 0 Å². The molecule has 0 aromatic carbocycles. The first-order valence-electron chi connectivity index (χ1n) is 5.61. The van der Waals surface area contributed by atoms with Gasteiger partial charge in [-0.05, 0) is 41.8 Å². The summed E-state index contributed by atoms with van der Waals surface area (Å²) < 4.78 is 0. The summed E-state index contributed by atoms with van der Waals surface area (Å²) in [6, 6.07) is 3.73. The quantitative estimate of drug-likeness (QED) is 0.869. The highest BCUT2D eigenvalue weighted by molar-refractivity contribution is 7.07. The zero-order valence-corrected chi connectivity index (χ0v) is 10.8. The number of nitrogens with zero attached hydrogens (tertiary/aromatic N) is 1. The van der Waals surface area contributed by atoms with Gasteiger partial charge in [-0.25, -0.2) is 4.79 Å². The molecule has 2 aromatic rings. The Morgan fingerprint density at radius 3 is 3.06 bits per heavy atom. The number of hydrogen-bond donors (Lipinski definition) is 2. The lowest BCUT2D eigenvalue weighted by Crippen LogP contribution is -2.19. The molecule has 0 radical (unpaired) electrons. The highest BCUT2D eigenvalue weighted by atomic mass is 32.1. The fourth-order valence-electron chi connectivity index (χ4n) is 1.77. The third-order valence-corrected chi connectivity index (χ3v) is 3.31. The Kier molecular flexibility index (Phi) is 3.94. The Morgan fingerprint density at radius 2 is 2.39 bits per heavy atom. The monoisotopic (exact) mass is 262 g/mol. The van der Waals surface area contributed by atoms with Crippen LogP contribution in [0, 0.1) is 0 Å². The van der Waals surface area contributed by atoms with E-state index < -0.39 is 5.97 Å². The largest absolute Gasteiger partial charge is 0.478 e. The van der Waals surface area contributed by atoms with E-state index in [1.54, 1.807) is 17.5 Å². The van der Waals surface area contributed by atoms with Crippen LogP contribution in [0.15, 0.2) is 35.3 Å². The fourth-order valence-corrected chi connectivity index (χ4v) is 2.46. The molecule has 0 fully saturated rings. The molecule has 2 N–H and O–H groups in total. The molecule has 0 saturated carbocycles. The lowest BCUT2D eigenvalue weighted by atomic mass is 10.1. The van der Waals surface area contributed by atoms with Gasteiger partial charge in [-0.1, -0.05) is 0 Å². The summed E-state index contributed by atoms with van der Waals surface area (Å²) in [6.45, 7) is 2.02. The van der Waals surface area contributed by atoms with Crippen molar-refractivity contribution in [2.45, 2.75) is 19.4 Å². The molecule has 0 amide bonds. The molecule has 0 saturated heterocycles. The van der Waals surface area contributed by atoms with Crippen LogP contribution in [0.4, 0.5) is 5.69 Å². The summed E-state index contributed by atoms with van der Waals surface area (Å²) >= 11 is 1.66. The summed E-state index contributed by atoms with van der Waals surface area (Å²) in [7, 11) is 0. The first-order chi connectivity index (χ1) is 8.66. The van der Waals surface area contributed by atoms with Crippen LogP contribution in [0.5, 0.6) is 0 Å². The maximum absolute atomic E-state index is 11.1. The normalized spacial score (nSPS) is 12.1. The lowest BCUT2D eigenvalue weighted by Gasteiger charge is -2.15. The number of aromatic nitrogens is 1. The Hall–Kier alpha value is -1.88. The second kappa shape index (κ2) is 5.64. The number of carbonyl (C=O) groups is 1. The summed E-state index contributed by atoms with van der Waals surface area (Å²) in [5, 5.41) is 16.4. The Labute approximate surface area is 109 Å². The van der Waals surface area contributed by atoms with Crippen molar-refractivity contribution in [2.75, 3.05) is 5.32 Å². The molecule has 4 nitrogen and oxygen atoms in total. The van der Waals surface area contributed by atoms with E-state index in [9.17, 15) is 4.79 Å². The van der Waals surface area contributed by atoms with Gasteiger partial charge in [-0.3, -0.25) is 4.98 Å². The summed E-state index contributed by atoms with van der Waals surface area (Å²) in [6.07, 6.45) is 3.89. The van der Waals surface area contributed by atoms with Gasteiger partial charge in [0.1, 0.15) is 0 Å². The molecule has 2 aromatic heterocycles. The lowest BCUT2D eigenvalue weighted by molar-refractivity contribution is 0.0698. The fraction of sp³-hybridized carbons (Fsp3) is 0.231. The first-order valence-corrected chi connectivity index (χ1v) is 6.56. The Balaban J connectivity index is 2.07. The predicted octanol–water partition coefficient (Wildman–Crippen LogP) is 2.88. The SMILES string of the molecule is CC(Cc1ccsc1)Nc1cnccc1C(=O)O. The van der Waals surface area contributed by atoms with Gasteiger partial charge in [-0.2, -0.15) is 11.3 Å². The highest BCUT2D eigenvalue weighted by Gasteiger charge is 2.12. The van der Waals surface area contributed by atoms with Crippen molar-refractivity contribution in [2.24, 2.45) is 0 Å². The number of thiophene rings is 1. The van der Waals surface area contributed by atoms with E-state index in [4.69, 9.17) is 5.11 Å². The first kappa shape index (κ1) is 12.6. The zero-order chi connectivity index (χ0) is 13.0. The molecule has 0 bridgehead atoms. The van der Waals surface area contributed by atoms with Crippen LogP contribution in [0.25, 0.3) is 0 Å². The molecule has 2 rings (SSSR count). The second-order valence-corrected chi connectivity index (χ2v) is 4.89. The molecule has 0 spiro atoms. The summed E-state index contributed by atoms with van der Waals surface area (Å²) in [5.74, 6) is -0.942. The van der Waals surface area contributed by atoms with Gasteiger partial charge in [0.05, 0.1) is 17.4 Å². The zero-order valence-electron chi connectivity index (χ0n) is 9.96. The van der Waals surface area contributed by atoms with Crippen molar-refractivity contribution in [1.82, 2.24) is 4.98 Å². The standard InChI is InChI=1S/C13H14N2O2S/c1-9(6-10-3-5-18-8-10)15-12-7-14-4-2-11(12)13(16)17/h2-5,7-9,15H,6H2,1H3,(H,16,17). The molecule has 5 heteroatoms. The van der Waals surface area contributed by atoms with Crippen molar-refractivity contribution in [1.29, 1.82) is 0 Å². The van der Waals surface area contributed by atoms with E-state index >= 15 is 0 Å². The van der Waals surface area contributed by atoms with Crippen LogP contribution in [-0.4, -0.2) is 22.1 Å². The maximum Gasteiger partial charge on any atom is 0.337 e. The predicted molar refractivity (Wildman–Crippen MR) is 72.3 cm³/mol. The van der Waals surface area contributed by atoms with Gasteiger partial charge in [0.15, 0.2) is 0 Å². The highest BCUT2D eigenvalue weighted by Crippen LogP contribution is 2.16. The molecule has 1 atom stereocenters. The Morgan fingerprint density at radius 1 is 1.56 bits per heavy atom. The molecule has 0 aliphatic heterocycles. The van der Waals surface area contributed by atoms with Crippen LogP contribution < -0.4 is 5.32 Å². The molecule has 2 heterocycles. The summed E-state index contributed by atoms with van der Waals surface area (Å²) in [5.41, 5.74) is 2.07. The van der Waals surface area contributed by atoms with Gasteiger partial charge in [0.2, 0.25) is 0 Å². The van der Waals surface area contributed by atoms with Crippen LogP contribution in [-0.2, 0) is 6.42 Å². The van der Waals surface area contributed by atoms with Gasteiger partial charge < -0.3 is 10.4 Å². The minimum absolute atomic E-state index is 0.155. The third-order valence-electron chi connectivity index (χ3n) is 2.58. The molecule has 94 valence electrons. The average molecular weight is 262 g/mol. The topological polar surface area (TPSA) is 62.2 Å². The van der Waals surface area contributed by atoms with E-state index in [1.165, 1.54) is 17.8 Å². The van der Waals surface area contributed by atoms with E-state index in [-0.39, 0.29) is 11.6 Å². The van der Waals surface area contributed by atoms with Gasteiger partial charge in [0.25, 0.3) is 0 Å². The maximum atomic E-state index is 11.1. The van der Waals surface area contributed by atoms with Crippen LogP contribution in [0.1, 0.15) is 22.8 Å². The van der Waals surface area contributed by atoms with Crippen LogP contribution in [0.3, 0.4) is 0 Å². The molecule has 0 aliphatic rings. The minimum atomic E-state index is -0.942. The van der Waals surface area contributed by atoms with Crippen molar-refractivity contribution in [3.05, 3.63) is 46.4 Å². The van der Waals surface area contributed by atoms with E-state index in [0.29, 0.717) is 5.69 Å². The number of anilines is 1. The number of nitrogens with one attached hydrogen (secondary N) is 1. The van der Waals surface area contributed by atoms with Crippen molar-refractivity contribution in [3.63, 3.8) is 0 Å². The number of hydrogen-bond acceptors (Lipinski definition) is 4. The number of aromatic carboxylic acids is 1. The number of carboxylic acid groups (broad SMARTS) is 1. The van der Waals surface area contributed by atoms with E-state index in [2.05, 4.69) is 21.7 Å². The molecule has 18 heavy (non-hydrogen) atoms.